The lowest BCUT2D eigenvalue weighted by Crippen LogP contribution is -2.21. The summed E-state index contributed by atoms with van der Waals surface area (Å²) >= 11 is 0. The number of nitrogens with one attached hydrogen (secondary N) is 1. The van der Waals surface area contributed by atoms with Crippen LogP contribution in [0.1, 0.15) is 19.7 Å². The minimum atomic E-state index is -0.589. The highest BCUT2D eigenvalue weighted by molar-refractivity contribution is 5.90. The summed E-state index contributed by atoms with van der Waals surface area (Å²) in [5.74, 6) is 0.884. The molecule has 3 rings (SSSR count). The molecule has 3 aromatic rings. The fourth-order valence-corrected chi connectivity index (χ4v) is 1.78. The molecule has 0 radical (unpaired) electrons. The van der Waals surface area contributed by atoms with Crippen LogP contribution in [0.5, 0.6) is 0 Å². The number of ether oxygens (including phenoxy) is 1. The fraction of sp³-hybridized carbons (Fsp3) is 0.308. The van der Waals surface area contributed by atoms with Crippen molar-refractivity contribution in [2.45, 2.75) is 19.4 Å². The van der Waals surface area contributed by atoms with Crippen molar-refractivity contribution in [2.24, 2.45) is 0 Å². The molecule has 2 heterocycles. The number of aromatic nitrogens is 4. The van der Waals surface area contributed by atoms with Crippen LogP contribution in [0.3, 0.4) is 0 Å². The zero-order chi connectivity index (χ0) is 13.5. The molecule has 1 aromatic carbocycles. The van der Waals surface area contributed by atoms with E-state index < -0.39 is 5.60 Å². The molecule has 98 valence electrons. The molecule has 0 aliphatic carbocycles. The number of aromatic amines is 1. The lowest BCUT2D eigenvalue weighted by atomic mass is 10.1. The third kappa shape index (κ3) is 1.90. The molecule has 1 N–H and O–H groups in total. The van der Waals surface area contributed by atoms with E-state index >= 15 is 0 Å². The summed E-state index contributed by atoms with van der Waals surface area (Å²) in [6, 6.07) is 7.79. The van der Waals surface area contributed by atoms with E-state index in [1.807, 2.05) is 38.1 Å². The number of hydrogen-bond donors (Lipinski definition) is 1. The number of H-pyrrole nitrogens is 1. The fourth-order valence-electron chi connectivity index (χ4n) is 1.78. The summed E-state index contributed by atoms with van der Waals surface area (Å²) in [5, 5.41) is 12.1. The SMILES string of the molecule is COC(C)(C)c1noc(-c2n[nH]c3ccccc23)n1. The minimum Gasteiger partial charge on any atom is -0.371 e. The van der Waals surface area contributed by atoms with Gasteiger partial charge in [0.1, 0.15) is 5.60 Å². The first-order chi connectivity index (χ1) is 9.12. The van der Waals surface area contributed by atoms with Gasteiger partial charge in [-0.25, -0.2) is 0 Å². The zero-order valence-corrected chi connectivity index (χ0v) is 11.0. The van der Waals surface area contributed by atoms with E-state index in [0.717, 1.165) is 10.9 Å². The highest BCUT2D eigenvalue weighted by Crippen LogP contribution is 2.27. The van der Waals surface area contributed by atoms with Gasteiger partial charge in [-0.1, -0.05) is 23.4 Å². The first-order valence-electron chi connectivity index (χ1n) is 5.94. The maximum Gasteiger partial charge on any atom is 0.279 e. The monoisotopic (exact) mass is 258 g/mol. The third-order valence-corrected chi connectivity index (χ3v) is 3.15. The molecule has 0 aliphatic rings. The lowest BCUT2D eigenvalue weighted by Gasteiger charge is -2.17. The summed E-state index contributed by atoms with van der Waals surface area (Å²) in [6.07, 6.45) is 0. The summed E-state index contributed by atoms with van der Waals surface area (Å²) in [5.41, 5.74) is 0.998. The molecule has 0 unspecified atom stereocenters. The summed E-state index contributed by atoms with van der Waals surface area (Å²) in [6.45, 7) is 3.76. The van der Waals surface area contributed by atoms with Crippen molar-refractivity contribution in [3.63, 3.8) is 0 Å². The van der Waals surface area contributed by atoms with Crippen LogP contribution in [0.15, 0.2) is 28.8 Å². The van der Waals surface area contributed by atoms with E-state index in [-0.39, 0.29) is 0 Å². The predicted octanol–water partition coefficient (Wildman–Crippen LogP) is 2.49. The molecule has 19 heavy (non-hydrogen) atoms. The Kier molecular flexibility index (Phi) is 2.60. The molecule has 0 aliphatic heterocycles. The van der Waals surface area contributed by atoms with Gasteiger partial charge in [0.15, 0.2) is 5.69 Å². The molecule has 0 spiro atoms. The molecule has 0 bridgehead atoms. The predicted molar refractivity (Wildman–Crippen MR) is 69.4 cm³/mol. The van der Waals surface area contributed by atoms with Gasteiger partial charge in [0, 0.05) is 12.5 Å². The topological polar surface area (TPSA) is 76.8 Å². The van der Waals surface area contributed by atoms with Crippen LogP contribution in [0.2, 0.25) is 0 Å². The van der Waals surface area contributed by atoms with Crippen LogP contribution in [-0.4, -0.2) is 27.4 Å². The molecule has 0 atom stereocenters. The van der Waals surface area contributed by atoms with Crippen molar-refractivity contribution in [2.75, 3.05) is 7.11 Å². The Bertz CT molecular complexity index is 714. The molecule has 6 heteroatoms. The Labute approximate surface area is 109 Å². The molecule has 0 fully saturated rings. The largest absolute Gasteiger partial charge is 0.371 e. The van der Waals surface area contributed by atoms with Gasteiger partial charge >= 0.3 is 0 Å². The average Bonchev–Trinajstić information content (AvgIpc) is 3.05. The first-order valence-corrected chi connectivity index (χ1v) is 5.94. The van der Waals surface area contributed by atoms with E-state index in [4.69, 9.17) is 9.26 Å². The quantitative estimate of drug-likeness (QED) is 0.781. The molecule has 0 saturated heterocycles. The Morgan fingerprint density at radius 3 is 2.84 bits per heavy atom. The summed E-state index contributed by atoms with van der Waals surface area (Å²) < 4.78 is 10.6. The molecule has 2 aromatic heterocycles. The van der Waals surface area contributed by atoms with Crippen molar-refractivity contribution in [1.82, 2.24) is 20.3 Å². The van der Waals surface area contributed by atoms with Crippen molar-refractivity contribution >= 4 is 10.9 Å². The van der Waals surface area contributed by atoms with Crippen LogP contribution in [0, 0.1) is 0 Å². The number of rotatable bonds is 3. The van der Waals surface area contributed by atoms with Gasteiger partial charge in [-0.15, -0.1) is 0 Å². The van der Waals surface area contributed by atoms with Gasteiger partial charge < -0.3 is 9.26 Å². The second kappa shape index (κ2) is 4.17. The van der Waals surface area contributed by atoms with E-state index in [1.54, 1.807) is 7.11 Å². The number of nitrogens with zero attached hydrogens (tertiary/aromatic N) is 3. The van der Waals surface area contributed by atoms with E-state index in [0.29, 0.717) is 17.4 Å². The van der Waals surface area contributed by atoms with Crippen LogP contribution >= 0.6 is 0 Å². The number of methoxy groups -OCH3 is 1. The molecular weight excluding hydrogens is 244 g/mol. The van der Waals surface area contributed by atoms with Crippen molar-refractivity contribution < 1.29 is 9.26 Å². The molecular formula is C13H14N4O2. The first kappa shape index (κ1) is 11.9. The smallest absolute Gasteiger partial charge is 0.279 e. The Morgan fingerprint density at radius 1 is 1.26 bits per heavy atom. The highest BCUT2D eigenvalue weighted by atomic mass is 16.5. The van der Waals surface area contributed by atoms with E-state index in [1.165, 1.54) is 0 Å². The van der Waals surface area contributed by atoms with Gasteiger partial charge in [0.05, 0.1) is 5.52 Å². The maximum atomic E-state index is 5.33. The van der Waals surface area contributed by atoms with E-state index in [2.05, 4.69) is 20.3 Å². The van der Waals surface area contributed by atoms with E-state index in [9.17, 15) is 0 Å². The summed E-state index contributed by atoms with van der Waals surface area (Å²) in [4.78, 5) is 4.36. The standard InChI is InChI=1S/C13H14N4O2/c1-13(2,18-3)12-14-11(19-17-12)10-8-6-4-5-7-9(8)15-16-10/h4-7H,1-3H3,(H,15,16). The normalized spacial score (nSPS) is 12.2. The minimum absolute atomic E-state index is 0.387. The van der Waals surface area contributed by atoms with Crippen LogP contribution in [0.4, 0.5) is 0 Å². The number of fused-ring (bicyclic) bond motifs is 1. The van der Waals surface area contributed by atoms with Crippen molar-refractivity contribution in [3.8, 4) is 11.6 Å². The number of para-hydroxylation sites is 1. The Balaban J connectivity index is 2.08. The second-order valence-corrected chi connectivity index (χ2v) is 4.76. The van der Waals surface area contributed by atoms with Crippen LogP contribution in [0.25, 0.3) is 22.5 Å². The van der Waals surface area contributed by atoms with Gasteiger partial charge in [0.2, 0.25) is 5.82 Å². The molecule has 0 saturated carbocycles. The van der Waals surface area contributed by atoms with Crippen molar-refractivity contribution in [1.29, 1.82) is 0 Å². The van der Waals surface area contributed by atoms with Gasteiger partial charge in [-0.05, 0) is 19.9 Å². The molecule has 0 amide bonds. The Morgan fingerprint density at radius 2 is 2.05 bits per heavy atom. The van der Waals surface area contributed by atoms with Crippen LogP contribution < -0.4 is 0 Å². The Hall–Kier alpha value is -2.21. The lowest BCUT2D eigenvalue weighted by molar-refractivity contribution is 0.00973. The number of benzene rings is 1. The van der Waals surface area contributed by atoms with Gasteiger partial charge in [0.25, 0.3) is 5.89 Å². The third-order valence-electron chi connectivity index (χ3n) is 3.15. The number of hydrogen-bond acceptors (Lipinski definition) is 5. The summed E-state index contributed by atoms with van der Waals surface area (Å²) in [7, 11) is 1.61. The van der Waals surface area contributed by atoms with Gasteiger partial charge in [-0.3, -0.25) is 5.10 Å². The zero-order valence-electron chi connectivity index (χ0n) is 11.0. The van der Waals surface area contributed by atoms with Crippen LogP contribution in [-0.2, 0) is 10.3 Å². The van der Waals surface area contributed by atoms with Crippen molar-refractivity contribution in [3.05, 3.63) is 30.1 Å². The second-order valence-electron chi connectivity index (χ2n) is 4.76. The van der Waals surface area contributed by atoms with Gasteiger partial charge in [-0.2, -0.15) is 10.1 Å². The molecule has 6 nitrogen and oxygen atoms in total. The average molecular weight is 258 g/mol. The highest BCUT2D eigenvalue weighted by Gasteiger charge is 2.27. The maximum absolute atomic E-state index is 5.33.